The van der Waals surface area contributed by atoms with Crippen LogP contribution in [0.4, 0.5) is 5.13 Å². The van der Waals surface area contributed by atoms with E-state index < -0.39 is 6.10 Å². The number of nitrogens with zero attached hydrogens (tertiary/aromatic N) is 2. The number of benzene rings is 2. The van der Waals surface area contributed by atoms with Gasteiger partial charge >= 0.3 is 0 Å². The van der Waals surface area contributed by atoms with Crippen molar-refractivity contribution in [3.8, 4) is 11.1 Å². The summed E-state index contributed by atoms with van der Waals surface area (Å²) in [6.45, 7) is 0.772. The molecule has 0 aliphatic heterocycles. The first-order valence-electron chi connectivity index (χ1n) is 7.65. The van der Waals surface area contributed by atoms with Crippen LogP contribution in [0.3, 0.4) is 0 Å². The minimum atomic E-state index is -0.607. The van der Waals surface area contributed by atoms with E-state index >= 15 is 0 Å². The summed E-state index contributed by atoms with van der Waals surface area (Å²) in [4.78, 5) is 4.28. The normalized spacial score (nSPS) is 12.1. The third kappa shape index (κ3) is 4.17. The molecular formula is C18H19N3O2S. The maximum Gasteiger partial charge on any atom is 0.202 e. The van der Waals surface area contributed by atoms with Crippen molar-refractivity contribution in [1.82, 2.24) is 9.36 Å². The highest BCUT2D eigenvalue weighted by atomic mass is 32.1. The van der Waals surface area contributed by atoms with E-state index in [0.717, 1.165) is 16.7 Å². The van der Waals surface area contributed by atoms with Gasteiger partial charge in [0, 0.05) is 25.2 Å². The lowest BCUT2D eigenvalue weighted by Gasteiger charge is -2.12. The number of methoxy groups -OCH3 is 1. The van der Waals surface area contributed by atoms with Gasteiger partial charge in [-0.15, -0.1) is 0 Å². The van der Waals surface area contributed by atoms with E-state index in [1.54, 1.807) is 7.11 Å². The lowest BCUT2D eigenvalue weighted by atomic mass is 10.0. The highest BCUT2D eigenvalue weighted by Gasteiger charge is 2.10. The molecule has 1 aromatic heterocycles. The molecule has 0 amide bonds. The maximum atomic E-state index is 10.3. The monoisotopic (exact) mass is 341 g/mol. The Morgan fingerprint density at radius 2 is 1.79 bits per heavy atom. The van der Waals surface area contributed by atoms with Crippen molar-refractivity contribution in [2.75, 3.05) is 19.0 Å². The molecule has 0 saturated heterocycles. The molecular weight excluding hydrogens is 322 g/mol. The van der Waals surface area contributed by atoms with Crippen molar-refractivity contribution >= 4 is 16.7 Å². The zero-order valence-electron chi connectivity index (χ0n) is 13.3. The zero-order valence-corrected chi connectivity index (χ0v) is 14.2. The molecule has 0 aliphatic rings. The number of aliphatic hydroxyl groups is 1. The molecule has 6 heteroatoms. The Labute approximate surface area is 145 Å². The fraction of sp³-hybridized carbons (Fsp3) is 0.222. The number of rotatable bonds is 7. The van der Waals surface area contributed by atoms with Gasteiger partial charge in [0.15, 0.2) is 5.82 Å². The molecule has 0 bridgehead atoms. The second-order valence-corrected chi connectivity index (χ2v) is 6.09. The summed E-state index contributed by atoms with van der Waals surface area (Å²) in [5.41, 5.74) is 3.16. The molecule has 0 aliphatic carbocycles. The molecule has 1 atom stereocenters. The third-order valence-corrected chi connectivity index (χ3v) is 4.30. The maximum absolute atomic E-state index is 10.3. The lowest BCUT2D eigenvalue weighted by Crippen LogP contribution is -2.12. The molecule has 24 heavy (non-hydrogen) atoms. The number of aliphatic hydroxyl groups excluding tert-OH is 1. The molecule has 124 valence electrons. The predicted molar refractivity (Wildman–Crippen MR) is 95.9 cm³/mol. The Kier molecular flexibility index (Phi) is 5.53. The summed E-state index contributed by atoms with van der Waals surface area (Å²) < 4.78 is 9.15. The number of hydrogen-bond donors (Lipinski definition) is 2. The van der Waals surface area contributed by atoms with Gasteiger partial charge in [-0.05, 0) is 16.7 Å². The van der Waals surface area contributed by atoms with Crippen molar-refractivity contribution in [2.24, 2.45) is 0 Å². The van der Waals surface area contributed by atoms with E-state index in [9.17, 15) is 5.11 Å². The van der Waals surface area contributed by atoms with Crippen LogP contribution in [-0.2, 0) is 11.3 Å². The first-order chi connectivity index (χ1) is 11.8. The second kappa shape index (κ2) is 8.01. The van der Waals surface area contributed by atoms with E-state index in [2.05, 4.69) is 26.8 Å². The summed E-state index contributed by atoms with van der Waals surface area (Å²) in [7, 11) is 1.61. The van der Waals surface area contributed by atoms with Gasteiger partial charge in [-0.1, -0.05) is 54.6 Å². The first-order valence-corrected chi connectivity index (χ1v) is 8.42. The van der Waals surface area contributed by atoms with E-state index in [1.807, 2.05) is 42.5 Å². The summed E-state index contributed by atoms with van der Waals surface area (Å²) in [6.07, 6.45) is -0.607. The van der Waals surface area contributed by atoms with Crippen molar-refractivity contribution in [3.05, 3.63) is 66.0 Å². The lowest BCUT2D eigenvalue weighted by molar-refractivity contribution is 0.179. The number of aromatic nitrogens is 2. The van der Waals surface area contributed by atoms with Gasteiger partial charge in [0.25, 0.3) is 0 Å². The Morgan fingerprint density at radius 1 is 1.08 bits per heavy atom. The molecule has 1 unspecified atom stereocenters. The van der Waals surface area contributed by atoms with Crippen LogP contribution in [0.1, 0.15) is 17.5 Å². The molecule has 0 spiro atoms. The quantitative estimate of drug-likeness (QED) is 0.688. The number of ether oxygens (including phenoxy) is 1. The largest absolute Gasteiger partial charge is 0.387 e. The molecule has 3 rings (SSSR count). The molecule has 3 aromatic rings. The van der Waals surface area contributed by atoms with Crippen molar-refractivity contribution in [1.29, 1.82) is 0 Å². The Balaban J connectivity index is 1.59. The molecule has 5 nitrogen and oxygen atoms in total. The smallest absolute Gasteiger partial charge is 0.202 e. The van der Waals surface area contributed by atoms with Gasteiger partial charge in [-0.25, -0.2) is 4.98 Å². The number of hydrogen-bond acceptors (Lipinski definition) is 6. The van der Waals surface area contributed by atoms with Crippen LogP contribution in [0.15, 0.2) is 54.6 Å². The highest BCUT2D eigenvalue weighted by Crippen LogP contribution is 2.22. The van der Waals surface area contributed by atoms with E-state index in [1.165, 1.54) is 11.5 Å². The van der Waals surface area contributed by atoms with Crippen LogP contribution >= 0.6 is 11.5 Å². The van der Waals surface area contributed by atoms with Gasteiger partial charge in [-0.3, -0.25) is 0 Å². The second-order valence-electron chi connectivity index (χ2n) is 5.33. The SMILES string of the molecule is COCc1nsc(NCC(O)c2ccc(-c3ccccc3)cc2)n1. The standard InChI is InChI=1S/C18H19N3O2S/c1-23-12-17-20-18(24-21-17)19-11-16(22)15-9-7-14(8-10-15)13-5-3-2-4-6-13/h2-10,16,22H,11-12H2,1H3,(H,19,20,21). The van der Waals surface area contributed by atoms with Crippen LogP contribution in [-0.4, -0.2) is 28.1 Å². The van der Waals surface area contributed by atoms with Crippen molar-refractivity contribution < 1.29 is 9.84 Å². The van der Waals surface area contributed by atoms with Gasteiger partial charge in [0.1, 0.15) is 6.61 Å². The van der Waals surface area contributed by atoms with Gasteiger partial charge < -0.3 is 15.2 Å². The summed E-state index contributed by atoms with van der Waals surface area (Å²) in [6, 6.07) is 18.1. The Bertz CT molecular complexity index is 759. The van der Waals surface area contributed by atoms with Crippen LogP contribution in [0.2, 0.25) is 0 Å². The Morgan fingerprint density at radius 3 is 2.50 bits per heavy atom. The fourth-order valence-corrected chi connectivity index (χ4v) is 2.92. The minimum Gasteiger partial charge on any atom is -0.387 e. The van der Waals surface area contributed by atoms with Gasteiger partial charge in [0.05, 0.1) is 6.10 Å². The Hall–Kier alpha value is -2.28. The first kappa shape index (κ1) is 16.6. The molecule has 2 aromatic carbocycles. The van der Waals surface area contributed by atoms with Crippen molar-refractivity contribution in [3.63, 3.8) is 0 Å². The zero-order chi connectivity index (χ0) is 16.8. The summed E-state index contributed by atoms with van der Waals surface area (Å²) >= 11 is 1.26. The molecule has 0 fully saturated rings. The topological polar surface area (TPSA) is 67.3 Å². The van der Waals surface area contributed by atoms with E-state index in [-0.39, 0.29) is 0 Å². The highest BCUT2D eigenvalue weighted by molar-refractivity contribution is 7.09. The van der Waals surface area contributed by atoms with Gasteiger partial charge in [-0.2, -0.15) is 4.37 Å². The average Bonchev–Trinajstić information content (AvgIpc) is 3.08. The van der Waals surface area contributed by atoms with Gasteiger partial charge in [0.2, 0.25) is 5.13 Å². The van der Waals surface area contributed by atoms with Crippen LogP contribution < -0.4 is 5.32 Å². The molecule has 1 heterocycles. The molecule has 2 N–H and O–H groups in total. The van der Waals surface area contributed by atoms with Crippen LogP contribution in [0.25, 0.3) is 11.1 Å². The number of nitrogens with one attached hydrogen (secondary N) is 1. The third-order valence-electron chi connectivity index (χ3n) is 3.59. The molecule has 0 radical (unpaired) electrons. The average molecular weight is 341 g/mol. The van der Waals surface area contributed by atoms with Crippen LogP contribution in [0, 0.1) is 0 Å². The van der Waals surface area contributed by atoms with E-state index in [0.29, 0.717) is 24.1 Å². The van der Waals surface area contributed by atoms with Crippen molar-refractivity contribution in [2.45, 2.75) is 12.7 Å². The molecule has 0 saturated carbocycles. The van der Waals surface area contributed by atoms with Crippen LogP contribution in [0.5, 0.6) is 0 Å². The number of anilines is 1. The van der Waals surface area contributed by atoms with E-state index in [4.69, 9.17) is 4.74 Å². The summed E-state index contributed by atoms with van der Waals surface area (Å²) in [5, 5.41) is 14.1. The fourth-order valence-electron chi connectivity index (χ4n) is 2.34. The predicted octanol–water partition coefficient (Wildman–Crippen LogP) is 3.50. The summed E-state index contributed by atoms with van der Waals surface area (Å²) in [5.74, 6) is 0.645. The minimum absolute atomic E-state index is 0.381.